The molecule has 0 saturated heterocycles. The van der Waals surface area contributed by atoms with E-state index in [1.165, 1.54) is 17.1 Å². The van der Waals surface area contributed by atoms with Crippen LogP contribution in [0.2, 0.25) is 0 Å². The Morgan fingerprint density at radius 2 is 2.17 bits per heavy atom. The molecule has 0 radical (unpaired) electrons. The first kappa shape index (κ1) is 13.2. The molecule has 2 aromatic rings. The van der Waals surface area contributed by atoms with Crippen molar-refractivity contribution in [1.82, 2.24) is 9.59 Å². The molecule has 0 aliphatic heterocycles. The largest absolute Gasteiger partial charge is 0.320 e. The number of hydrogen-bond donors (Lipinski definition) is 1. The normalized spacial score (nSPS) is 12.6. The van der Waals surface area contributed by atoms with Gasteiger partial charge in [-0.3, -0.25) is 0 Å². The Bertz CT molecular complexity index is 507. The van der Waals surface area contributed by atoms with Crippen molar-refractivity contribution in [2.45, 2.75) is 39.2 Å². The minimum atomic E-state index is -0.100. The van der Waals surface area contributed by atoms with Gasteiger partial charge in [0.15, 0.2) is 0 Å². The summed E-state index contributed by atoms with van der Waals surface area (Å²) in [6.07, 6.45) is 3.14. The van der Waals surface area contributed by atoms with Crippen molar-refractivity contribution in [2.75, 3.05) is 0 Å². The van der Waals surface area contributed by atoms with Gasteiger partial charge in [0, 0.05) is 0 Å². The number of nitrogens with zero attached hydrogens (tertiary/aromatic N) is 2. The molecule has 0 aliphatic rings. The molecule has 4 heteroatoms. The van der Waals surface area contributed by atoms with Gasteiger partial charge >= 0.3 is 0 Å². The Morgan fingerprint density at radius 3 is 2.89 bits per heavy atom. The van der Waals surface area contributed by atoms with Crippen LogP contribution >= 0.6 is 11.5 Å². The molecule has 1 aromatic heterocycles. The van der Waals surface area contributed by atoms with Crippen molar-refractivity contribution in [1.29, 1.82) is 0 Å². The van der Waals surface area contributed by atoms with E-state index in [0.29, 0.717) is 0 Å². The highest BCUT2D eigenvalue weighted by atomic mass is 32.1. The molecular formula is C14H19N3S. The van der Waals surface area contributed by atoms with Crippen LogP contribution in [0.25, 0.3) is 0 Å². The molecular weight excluding hydrogens is 242 g/mol. The molecule has 0 aliphatic carbocycles. The second-order valence-electron chi connectivity index (χ2n) is 4.41. The Balaban J connectivity index is 2.28. The van der Waals surface area contributed by atoms with Crippen molar-refractivity contribution >= 4 is 11.5 Å². The first-order valence-corrected chi connectivity index (χ1v) is 7.19. The van der Waals surface area contributed by atoms with E-state index in [1.54, 1.807) is 0 Å². The van der Waals surface area contributed by atoms with Crippen LogP contribution in [0.5, 0.6) is 0 Å². The maximum Gasteiger partial charge on any atom is 0.0804 e. The molecule has 0 saturated carbocycles. The first-order valence-electron chi connectivity index (χ1n) is 6.41. The van der Waals surface area contributed by atoms with Crippen molar-refractivity contribution < 1.29 is 0 Å². The summed E-state index contributed by atoms with van der Waals surface area (Å²) in [5.41, 5.74) is 9.86. The van der Waals surface area contributed by atoms with E-state index in [9.17, 15) is 0 Å². The molecule has 2 N–H and O–H groups in total. The molecule has 1 atom stereocenters. The second-order valence-corrected chi connectivity index (χ2v) is 5.20. The Kier molecular flexibility index (Phi) is 4.44. The molecule has 2 rings (SSSR count). The highest BCUT2D eigenvalue weighted by Crippen LogP contribution is 2.25. The summed E-state index contributed by atoms with van der Waals surface area (Å²) in [7, 11) is 0. The van der Waals surface area contributed by atoms with Gasteiger partial charge in [-0.05, 0) is 35.5 Å². The molecule has 0 amide bonds. The highest BCUT2D eigenvalue weighted by molar-refractivity contribution is 7.05. The molecule has 96 valence electrons. The molecule has 0 spiro atoms. The number of rotatable bonds is 5. The number of hydrogen-bond acceptors (Lipinski definition) is 4. The lowest BCUT2D eigenvalue weighted by molar-refractivity contribution is 0.845. The average molecular weight is 261 g/mol. The summed E-state index contributed by atoms with van der Waals surface area (Å²) in [4.78, 5) is 1.09. The molecule has 1 unspecified atom stereocenters. The molecule has 1 aromatic carbocycles. The molecule has 18 heavy (non-hydrogen) atoms. The van der Waals surface area contributed by atoms with Gasteiger partial charge in [0.1, 0.15) is 0 Å². The summed E-state index contributed by atoms with van der Waals surface area (Å²) < 4.78 is 4.01. The van der Waals surface area contributed by atoms with Gasteiger partial charge in [-0.25, -0.2) is 0 Å². The van der Waals surface area contributed by atoms with E-state index in [1.807, 2.05) is 0 Å². The van der Waals surface area contributed by atoms with Crippen LogP contribution in [0, 0.1) is 0 Å². The van der Waals surface area contributed by atoms with Crippen molar-refractivity contribution in [2.24, 2.45) is 5.73 Å². The van der Waals surface area contributed by atoms with Crippen LogP contribution < -0.4 is 5.73 Å². The summed E-state index contributed by atoms with van der Waals surface area (Å²) in [5, 5.41) is 4.13. The van der Waals surface area contributed by atoms with Crippen LogP contribution in [0.3, 0.4) is 0 Å². The average Bonchev–Trinajstić information content (AvgIpc) is 2.87. The van der Waals surface area contributed by atoms with E-state index < -0.39 is 0 Å². The topological polar surface area (TPSA) is 51.8 Å². The van der Waals surface area contributed by atoms with Gasteiger partial charge in [0.05, 0.1) is 16.6 Å². The number of benzene rings is 1. The van der Waals surface area contributed by atoms with Crippen LogP contribution in [0.4, 0.5) is 0 Å². The van der Waals surface area contributed by atoms with Gasteiger partial charge in [-0.2, -0.15) is 0 Å². The third-order valence-electron chi connectivity index (χ3n) is 3.05. The quantitative estimate of drug-likeness (QED) is 0.899. The van der Waals surface area contributed by atoms with Crippen molar-refractivity contribution in [3.8, 4) is 0 Å². The smallest absolute Gasteiger partial charge is 0.0804 e. The Morgan fingerprint density at radius 1 is 1.33 bits per heavy atom. The predicted molar refractivity (Wildman–Crippen MR) is 75.8 cm³/mol. The summed E-state index contributed by atoms with van der Waals surface area (Å²) >= 11 is 1.41. The van der Waals surface area contributed by atoms with E-state index >= 15 is 0 Å². The molecule has 0 bridgehead atoms. The zero-order valence-electron chi connectivity index (χ0n) is 10.9. The lowest BCUT2D eigenvalue weighted by atomic mass is 10.0. The Labute approximate surface area is 112 Å². The van der Waals surface area contributed by atoms with Gasteiger partial charge in [-0.15, -0.1) is 5.10 Å². The van der Waals surface area contributed by atoms with Crippen LogP contribution in [0.15, 0.2) is 24.3 Å². The van der Waals surface area contributed by atoms with E-state index in [2.05, 4.69) is 47.7 Å². The highest BCUT2D eigenvalue weighted by Gasteiger charge is 2.16. The fourth-order valence-corrected chi connectivity index (χ4v) is 2.85. The lowest BCUT2D eigenvalue weighted by Gasteiger charge is -2.12. The molecule has 1 heterocycles. The number of aryl methyl sites for hydroxylation is 2. The fraction of sp³-hybridized carbons (Fsp3) is 0.429. The Hall–Kier alpha value is -1.26. The maximum absolute atomic E-state index is 6.33. The number of aromatic nitrogens is 2. The van der Waals surface area contributed by atoms with E-state index in [-0.39, 0.29) is 6.04 Å². The summed E-state index contributed by atoms with van der Waals surface area (Å²) in [5.74, 6) is 0. The minimum absolute atomic E-state index is 0.100. The standard InChI is InChI=1S/C14H19N3S/c1-3-6-10-7-5-8-11(9-10)13(15)14-12(4-2)16-17-18-14/h5,7-9,13H,3-4,6,15H2,1-2H3. The zero-order valence-corrected chi connectivity index (χ0v) is 11.7. The van der Waals surface area contributed by atoms with Gasteiger partial charge in [0.2, 0.25) is 0 Å². The van der Waals surface area contributed by atoms with Crippen LogP contribution in [-0.2, 0) is 12.8 Å². The van der Waals surface area contributed by atoms with Crippen molar-refractivity contribution in [3.63, 3.8) is 0 Å². The zero-order chi connectivity index (χ0) is 13.0. The van der Waals surface area contributed by atoms with E-state index in [4.69, 9.17) is 5.73 Å². The SMILES string of the molecule is CCCc1cccc(C(N)c2snnc2CC)c1. The fourth-order valence-electron chi connectivity index (χ4n) is 2.08. The van der Waals surface area contributed by atoms with Gasteiger partial charge < -0.3 is 5.73 Å². The summed E-state index contributed by atoms with van der Waals surface area (Å²) in [6.45, 7) is 4.27. The van der Waals surface area contributed by atoms with Gasteiger partial charge in [0.25, 0.3) is 0 Å². The maximum atomic E-state index is 6.33. The predicted octanol–water partition coefficient (Wildman–Crippen LogP) is 3.10. The molecule has 0 fully saturated rings. The third-order valence-corrected chi connectivity index (χ3v) is 3.90. The lowest BCUT2D eigenvalue weighted by Crippen LogP contribution is -2.12. The second kappa shape index (κ2) is 6.07. The van der Waals surface area contributed by atoms with Crippen molar-refractivity contribution in [3.05, 3.63) is 46.0 Å². The molecule has 3 nitrogen and oxygen atoms in total. The monoisotopic (exact) mass is 261 g/mol. The third kappa shape index (κ3) is 2.76. The van der Waals surface area contributed by atoms with Crippen LogP contribution in [0.1, 0.15) is 48.0 Å². The first-order chi connectivity index (χ1) is 8.76. The minimum Gasteiger partial charge on any atom is -0.320 e. The van der Waals surface area contributed by atoms with E-state index in [0.717, 1.165) is 35.4 Å². The van der Waals surface area contributed by atoms with Gasteiger partial charge in [-0.1, -0.05) is 49.0 Å². The number of nitrogens with two attached hydrogens (primary N) is 1. The summed E-state index contributed by atoms with van der Waals surface area (Å²) in [6, 6.07) is 8.43. The van der Waals surface area contributed by atoms with Crippen LogP contribution in [-0.4, -0.2) is 9.59 Å².